The van der Waals surface area contributed by atoms with Gasteiger partial charge in [-0.05, 0) is 30.3 Å². The molecule has 1 amide bonds. The van der Waals surface area contributed by atoms with E-state index in [1.165, 1.54) is 57.7 Å². The number of ether oxygens (including phenoxy) is 1. The van der Waals surface area contributed by atoms with Crippen LogP contribution >= 0.6 is 0 Å². The van der Waals surface area contributed by atoms with Crippen molar-refractivity contribution in [2.45, 2.75) is 4.90 Å². The van der Waals surface area contributed by atoms with Crippen molar-refractivity contribution in [1.82, 2.24) is 9.29 Å². The zero-order valence-electron chi connectivity index (χ0n) is 13.3. The Hall–Kier alpha value is -2.65. The van der Waals surface area contributed by atoms with E-state index in [9.17, 15) is 18.3 Å². The Bertz CT molecular complexity index is 865. The molecule has 0 saturated carbocycles. The Kier molecular flexibility index (Phi) is 5.05. The van der Waals surface area contributed by atoms with E-state index in [0.29, 0.717) is 0 Å². The molecule has 128 valence electrons. The monoisotopic (exact) mass is 351 g/mol. The summed E-state index contributed by atoms with van der Waals surface area (Å²) in [6.45, 7) is 0. The highest BCUT2D eigenvalue weighted by Crippen LogP contribution is 2.27. The molecule has 0 bridgehead atoms. The van der Waals surface area contributed by atoms with Crippen LogP contribution in [0.4, 0.5) is 5.82 Å². The van der Waals surface area contributed by atoms with Crippen LogP contribution in [0.15, 0.2) is 41.4 Å². The maximum absolute atomic E-state index is 12.4. The number of hydrogen-bond donors (Lipinski definition) is 2. The maximum atomic E-state index is 12.4. The van der Waals surface area contributed by atoms with Gasteiger partial charge in [0.15, 0.2) is 11.6 Å². The van der Waals surface area contributed by atoms with Crippen LogP contribution in [0.2, 0.25) is 0 Å². The van der Waals surface area contributed by atoms with Gasteiger partial charge in [0.05, 0.1) is 7.11 Å². The average Bonchev–Trinajstić information content (AvgIpc) is 2.56. The van der Waals surface area contributed by atoms with Gasteiger partial charge in [-0.2, -0.15) is 0 Å². The number of carbonyl (C=O) groups excluding carboxylic acids is 1. The number of aromatic nitrogens is 1. The second kappa shape index (κ2) is 6.85. The molecule has 0 unspecified atom stereocenters. The first kappa shape index (κ1) is 17.7. The van der Waals surface area contributed by atoms with Crippen molar-refractivity contribution in [1.29, 1.82) is 0 Å². The van der Waals surface area contributed by atoms with Gasteiger partial charge in [0.1, 0.15) is 10.6 Å². The van der Waals surface area contributed by atoms with Crippen LogP contribution in [0.5, 0.6) is 11.5 Å². The van der Waals surface area contributed by atoms with E-state index in [1.54, 1.807) is 0 Å². The number of hydrogen-bond acceptors (Lipinski definition) is 6. The van der Waals surface area contributed by atoms with Crippen LogP contribution in [0, 0.1) is 0 Å². The first-order chi connectivity index (χ1) is 11.3. The van der Waals surface area contributed by atoms with Crippen LogP contribution < -0.4 is 10.1 Å². The molecule has 0 aliphatic rings. The molecule has 2 rings (SSSR count). The SMILES string of the molecule is COc1ccc(C(=O)Nc2ncccc2O)cc1S(=O)(=O)N(C)C. The molecule has 9 heteroatoms. The molecule has 1 aromatic carbocycles. The van der Waals surface area contributed by atoms with Crippen molar-refractivity contribution < 1.29 is 23.1 Å². The van der Waals surface area contributed by atoms with Crippen LogP contribution in [0.1, 0.15) is 10.4 Å². The van der Waals surface area contributed by atoms with E-state index >= 15 is 0 Å². The van der Waals surface area contributed by atoms with Gasteiger partial charge >= 0.3 is 0 Å². The van der Waals surface area contributed by atoms with Gasteiger partial charge in [-0.1, -0.05) is 0 Å². The van der Waals surface area contributed by atoms with E-state index in [2.05, 4.69) is 10.3 Å². The number of anilines is 1. The van der Waals surface area contributed by atoms with E-state index in [1.807, 2.05) is 0 Å². The summed E-state index contributed by atoms with van der Waals surface area (Å²) in [4.78, 5) is 16.0. The van der Waals surface area contributed by atoms with Crippen molar-refractivity contribution in [2.24, 2.45) is 0 Å². The van der Waals surface area contributed by atoms with Crippen molar-refractivity contribution in [2.75, 3.05) is 26.5 Å². The van der Waals surface area contributed by atoms with Gasteiger partial charge in [0.2, 0.25) is 10.0 Å². The van der Waals surface area contributed by atoms with Gasteiger partial charge in [-0.15, -0.1) is 0 Å². The quantitative estimate of drug-likeness (QED) is 0.840. The van der Waals surface area contributed by atoms with Crippen LogP contribution in [0.3, 0.4) is 0 Å². The number of rotatable bonds is 5. The van der Waals surface area contributed by atoms with Crippen LogP contribution in [-0.2, 0) is 10.0 Å². The van der Waals surface area contributed by atoms with Gasteiger partial charge in [-0.25, -0.2) is 17.7 Å². The van der Waals surface area contributed by atoms with Crippen molar-refractivity contribution in [3.05, 3.63) is 42.1 Å². The molecule has 0 radical (unpaired) electrons. The zero-order valence-corrected chi connectivity index (χ0v) is 14.2. The lowest BCUT2D eigenvalue weighted by Gasteiger charge is -2.15. The normalized spacial score (nSPS) is 11.3. The molecule has 1 heterocycles. The standard InChI is InChI=1S/C15H17N3O5S/c1-18(2)24(21,22)13-9-10(6-7-12(13)23-3)15(20)17-14-11(19)5-4-8-16-14/h4-9,19H,1-3H3,(H,16,17,20). The summed E-state index contributed by atoms with van der Waals surface area (Å²) in [5.74, 6) is -0.696. The smallest absolute Gasteiger partial charge is 0.256 e. The highest BCUT2D eigenvalue weighted by atomic mass is 32.2. The molecular formula is C15H17N3O5S. The molecular weight excluding hydrogens is 334 g/mol. The van der Waals surface area contributed by atoms with E-state index < -0.39 is 15.9 Å². The Morgan fingerprint density at radius 3 is 2.58 bits per heavy atom. The molecule has 0 fully saturated rings. The Labute approximate surface area is 139 Å². The number of sulfonamides is 1. The average molecular weight is 351 g/mol. The van der Waals surface area contributed by atoms with Crippen molar-refractivity contribution >= 4 is 21.7 Å². The number of pyridine rings is 1. The summed E-state index contributed by atoms with van der Waals surface area (Å²) in [6, 6.07) is 6.91. The highest BCUT2D eigenvalue weighted by molar-refractivity contribution is 7.89. The number of methoxy groups -OCH3 is 1. The molecule has 0 spiro atoms. The summed E-state index contributed by atoms with van der Waals surface area (Å²) < 4.78 is 30.8. The molecule has 1 aromatic heterocycles. The lowest BCUT2D eigenvalue weighted by atomic mass is 10.2. The second-order valence-electron chi connectivity index (χ2n) is 4.98. The largest absolute Gasteiger partial charge is 0.504 e. The first-order valence-corrected chi connectivity index (χ1v) is 8.27. The third-order valence-electron chi connectivity index (χ3n) is 3.20. The summed E-state index contributed by atoms with van der Waals surface area (Å²) in [7, 11) is 0.314. The number of nitrogens with zero attached hydrogens (tertiary/aromatic N) is 2. The second-order valence-corrected chi connectivity index (χ2v) is 7.10. The molecule has 2 aromatic rings. The van der Waals surface area contributed by atoms with Gasteiger partial charge < -0.3 is 15.2 Å². The molecule has 0 aliphatic heterocycles. The number of aromatic hydroxyl groups is 1. The topological polar surface area (TPSA) is 109 Å². The van der Waals surface area contributed by atoms with E-state index in [-0.39, 0.29) is 27.8 Å². The predicted octanol–water partition coefficient (Wildman–Crippen LogP) is 1.30. The Morgan fingerprint density at radius 1 is 1.29 bits per heavy atom. The number of benzene rings is 1. The fraction of sp³-hybridized carbons (Fsp3) is 0.200. The molecule has 2 N–H and O–H groups in total. The van der Waals surface area contributed by atoms with Crippen molar-refractivity contribution in [3.63, 3.8) is 0 Å². The fourth-order valence-corrected chi connectivity index (χ4v) is 2.96. The summed E-state index contributed by atoms with van der Waals surface area (Å²) >= 11 is 0. The van der Waals surface area contributed by atoms with Crippen LogP contribution in [-0.4, -0.2) is 49.9 Å². The minimum absolute atomic E-state index is 0.0182. The Morgan fingerprint density at radius 2 is 2.00 bits per heavy atom. The lowest BCUT2D eigenvalue weighted by Crippen LogP contribution is -2.23. The number of amides is 1. The summed E-state index contributed by atoms with van der Waals surface area (Å²) in [5, 5.41) is 12.1. The molecule has 8 nitrogen and oxygen atoms in total. The van der Waals surface area contributed by atoms with E-state index in [0.717, 1.165) is 4.31 Å². The highest BCUT2D eigenvalue weighted by Gasteiger charge is 2.24. The number of nitrogens with one attached hydrogen (secondary N) is 1. The minimum atomic E-state index is -3.79. The van der Waals surface area contributed by atoms with E-state index in [4.69, 9.17) is 4.74 Å². The maximum Gasteiger partial charge on any atom is 0.256 e. The summed E-state index contributed by atoms with van der Waals surface area (Å²) in [6.07, 6.45) is 1.41. The van der Waals surface area contributed by atoms with Crippen molar-refractivity contribution in [3.8, 4) is 11.5 Å². The molecule has 24 heavy (non-hydrogen) atoms. The molecule has 0 aliphatic carbocycles. The minimum Gasteiger partial charge on any atom is -0.504 e. The number of carbonyl (C=O) groups is 1. The third kappa shape index (κ3) is 3.47. The molecule has 0 atom stereocenters. The molecule has 0 saturated heterocycles. The van der Waals surface area contributed by atoms with Crippen LogP contribution in [0.25, 0.3) is 0 Å². The lowest BCUT2D eigenvalue weighted by molar-refractivity contribution is 0.102. The van der Waals surface area contributed by atoms with Gasteiger partial charge in [0, 0.05) is 25.9 Å². The van der Waals surface area contributed by atoms with Gasteiger partial charge in [0.25, 0.3) is 5.91 Å². The summed E-state index contributed by atoms with van der Waals surface area (Å²) in [5.41, 5.74) is 0.0845. The zero-order chi connectivity index (χ0) is 17.9. The fourth-order valence-electron chi connectivity index (χ4n) is 1.89. The predicted molar refractivity (Wildman–Crippen MR) is 87.7 cm³/mol. The Balaban J connectivity index is 2.42. The third-order valence-corrected chi connectivity index (χ3v) is 5.04. The first-order valence-electron chi connectivity index (χ1n) is 6.83. The van der Waals surface area contributed by atoms with Gasteiger partial charge in [-0.3, -0.25) is 4.79 Å².